The summed E-state index contributed by atoms with van der Waals surface area (Å²) in [5.74, 6) is -4.33. The van der Waals surface area contributed by atoms with Crippen LogP contribution in [0.15, 0.2) is 53.4 Å². The number of ether oxygens (including phenoxy) is 1. The van der Waals surface area contributed by atoms with Crippen LogP contribution in [0.25, 0.3) is 0 Å². The standard InChI is InChI=1S/C19H15F2N3O4S/c20-19(21)29-15-7-5-14(6-8-15)24-17(26)11-28-18(27)12-1-3-13(4-2-12)23-16(25)9-10-22/h1-8,19H,9,11H2,(H,23,25)(H,24,26). The Labute approximate surface area is 169 Å². The molecule has 2 aromatic rings. The van der Waals surface area contributed by atoms with Gasteiger partial charge in [0.05, 0.1) is 11.6 Å². The summed E-state index contributed by atoms with van der Waals surface area (Å²) in [4.78, 5) is 35.5. The molecule has 0 radical (unpaired) electrons. The number of nitrogens with zero attached hydrogens (tertiary/aromatic N) is 1. The van der Waals surface area contributed by atoms with Crippen molar-refractivity contribution in [3.05, 3.63) is 54.1 Å². The highest BCUT2D eigenvalue weighted by Gasteiger charge is 2.11. The molecule has 0 fully saturated rings. The monoisotopic (exact) mass is 419 g/mol. The van der Waals surface area contributed by atoms with Crippen LogP contribution in [0.2, 0.25) is 0 Å². The van der Waals surface area contributed by atoms with Crippen molar-refractivity contribution in [3.8, 4) is 6.07 Å². The molecule has 2 N–H and O–H groups in total. The van der Waals surface area contributed by atoms with Crippen molar-refractivity contribution in [2.45, 2.75) is 17.1 Å². The lowest BCUT2D eigenvalue weighted by Crippen LogP contribution is -2.20. The van der Waals surface area contributed by atoms with E-state index in [9.17, 15) is 23.2 Å². The number of thioether (sulfide) groups is 1. The quantitative estimate of drug-likeness (QED) is 0.500. The number of amides is 2. The zero-order valence-electron chi connectivity index (χ0n) is 14.9. The molecule has 0 saturated heterocycles. The van der Waals surface area contributed by atoms with E-state index in [4.69, 9.17) is 10.00 Å². The van der Waals surface area contributed by atoms with E-state index in [0.717, 1.165) is 0 Å². The lowest BCUT2D eigenvalue weighted by molar-refractivity contribution is -0.119. The average molecular weight is 419 g/mol. The lowest BCUT2D eigenvalue weighted by Gasteiger charge is -2.08. The first-order chi connectivity index (χ1) is 13.9. The Balaban J connectivity index is 1.81. The highest BCUT2D eigenvalue weighted by atomic mass is 32.2. The van der Waals surface area contributed by atoms with Gasteiger partial charge in [-0.25, -0.2) is 4.79 Å². The van der Waals surface area contributed by atoms with Gasteiger partial charge in [-0.05, 0) is 48.5 Å². The SMILES string of the molecule is N#CCC(=O)Nc1ccc(C(=O)OCC(=O)Nc2ccc(SC(F)F)cc2)cc1. The maximum Gasteiger partial charge on any atom is 0.338 e. The third-order valence-corrected chi connectivity index (χ3v) is 4.06. The fourth-order valence-electron chi connectivity index (χ4n) is 2.10. The first-order valence-corrected chi connectivity index (χ1v) is 9.04. The van der Waals surface area contributed by atoms with Gasteiger partial charge in [-0.2, -0.15) is 14.0 Å². The maximum atomic E-state index is 12.3. The van der Waals surface area contributed by atoms with E-state index in [-0.39, 0.29) is 12.0 Å². The number of esters is 1. The summed E-state index contributed by atoms with van der Waals surface area (Å²) in [5.41, 5.74) is 0.958. The first kappa shape index (κ1) is 21.8. The third kappa shape index (κ3) is 7.59. The van der Waals surface area contributed by atoms with E-state index < -0.39 is 30.1 Å². The minimum Gasteiger partial charge on any atom is -0.452 e. The van der Waals surface area contributed by atoms with Crippen molar-refractivity contribution in [2.24, 2.45) is 0 Å². The van der Waals surface area contributed by atoms with E-state index in [2.05, 4.69) is 10.6 Å². The molecule has 150 valence electrons. The molecular weight excluding hydrogens is 404 g/mol. The molecule has 2 amide bonds. The normalized spacial score (nSPS) is 10.1. The molecule has 0 atom stereocenters. The number of rotatable bonds is 8. The number of carbonyl (C=O) groups excluding carboxylic acids is 3. The molecule has 7 nitrogen and oxygen atoms in total. The average Bonchev–Trinajstić information content (AvgIpc) is 2.68. The zero-order valence-corrected chi connectivity index (χ0v) is 15.7. The number of alkyl halides is 2. The first-order valence-electron chi connectivity index (χ1n) is 8.16. The summed E-state index contributed by atoms with van der Waals surface area (Å²) >= 11 is 0.391. The molecule has 0 aliphatic heterocycles. The van der Waals surface area contributed by atoms with E-state index in [1.807, 2.05) is 0 Å². The van der Waals surface area contributed by atoms with Gasteiger partial charge in [-0.1, -0.05) is 11.8 Å². The van der Waals surface area contributed by atoms with E-state index in [1.54, 1.807) is 6.07 Å². The molecule has 0 aliphatic rings. The molecular formula is C19H15F2N3O4S. The number of nitriles is 1. The van der Waals surface area contributed by atoms with Gasteiger partial charge in [-0.15, -0.1) is 0 Å². The van der Waals surface area contributed by atoms with Crippen molar-refractivity contribution in [1.29, 1.82) is 5.26 Å². The van der Waals surface area contributed by atoms with Gasteiger partial charge in [0, 0.05) is 16.3 Å². The minimum absolute atomic E-state index is 0.171. The van der Waals surface area contributed by atoms with Crippen LogP contribution in [0.4, 0.5) is 20.2 Å². The Morgan fingerprint density at radius 3 is 2.07 bits per heavy atom. The third-order valence-electron chi connectivity index (χ3n) is 3.34. The van der Waals surface area contributed by atoms with Gasteiger partial charge in [0.25, 0.3) is 11.7 Å². The van der Waals surface area contributed by atoms with Crippen molar-refractivity contribution >= 4 is 40.9 Å². The summed E-state index contributed by atoms with van der Waals surface area (Å²) < 4.78 is 29.5. The van der Waals surface area contributed by atoms with Crippen LogP contribution in [0.5, 0.6) is 0 Å². The van der Waals surface area contributed by atoms with E-state index in [1.165, 1.54) is 48.5 Å². The second kappa shape index (κ2) is 10.8. The van der Waals surface area contributed by atoms with Crippen molar-refractivity contribution in [3.63, 3.8) is 0 Å². The van der Waals surface area contributed by atoms with E-state index >= 15 is 0 Å². The van der Waals surface area contributed by atoms with Crippen LogP contribution in [0.3, 0.4) is 0 Å². The smallest absolute Gasteiger partial charge is 0.338 e. The number of benzene rings is 2. The number of carbonyl (C=O) groups is 3. The molecule has 10 heteroatoms. The Bertz CT molecular complexity index is 913. The molecule has 0 aromatic heterocycles. The van der Waals surface area contributed by atoms with Gasteiger partial charge >= 0.3 is 5.97 Å². The minimum atomic E-state index is -2.53. The second-order valence-electron chi connectivity index (χ2n) is 5.49. The Hall–Kier alpha value is -3.45. The van der Waals surface area contributed by atoms with Crippen LogP contribution in [0.1, 0.15) is 16.8 Å². The lowest BCUT2D eigenvalue weighted by atomic mass is 10.2. The van der Waals surface area contributed by atoms with Crippen LogP contribution in [-0.2, 0) is 14.3 Å². The topological polar surface area (TPSA) is 108 Å². The van der Waals surface area contributed by atoms with Gasteiger partial charge in [0.15, 0.2) is 6.61 Å². The van der Waals surface area contributed by atoms with Crippen molar-refractivity contribution in [1.82, 2.24) is 0 Å². The molecule has 0 spiro atoms. The van der Waals surface area contributed by atoms with Gasteiger partial charge in [0.2, 0.25) is 5.91 Å². The highest BCUT2D eigenvalue weighted by Crippen LogP contribution is 2.26. The summed E-state index contributed by atoms with van der Waals surface area (Å²) in [6.07, 6.45) is -0.285. The maximum absolute atomic E-state index is 12.3. The van der Waals surface area contributed by atoms with Crippen LogP contribution in [0, 0.1) is 11.3 Å². The second-order valence-corrected chi connectivity index (χ2v) is 6.55. The largest absolute Gasteiger partial charge is 0.452 e. The molecule has 0 heterocycles. The number of hydrogen-bond acceptors (Lipinski definition) is 6. The molecule has 2 aromatic carbocycles. The Morgan fingerprint density at radius 1 is 0.966 bits per heavy atom. The predicted octanol–water partition coefficient (Wildman–Crippen LogP) is 3.65. The molecule has 0 bridgehead atoms. The van der Waals surface area contributed by atoms with Crippen molar-refractivity contribution < 1.29 is 27.9 Å². The number of hydrogen-bond donors (Lipinski definition) is 2. The summed E-state index contributed by atoms with van der Waals surface area (Å²) in [7, 11) is 0. The fourth-order valence-corrected chi connectivity index (χ4v) is 2.60. The highest BCUT2D eigenvalue weighted by molar-refractivity contribution is 7.99. The van der Waals surface area contributed by atoms with Gasteiger partial charge in [-0.3, -0.25) is 9.59 Å². The van der Waals surface area contributed by atoms with Crippen LogP contribution < -0.4 is 10.6 Å². The molecule has 2 rings (SSSR count). The number of anilines is 2. The Morgan fingerprint density at radius 2 is 1.52 bits per heavy atom. The molecule has 0 aliphatic carbocycles. The van der Waals surface area contributed by atoms with Gasteiger partial charge < -0.3 is 15.4 Å². The van der Waals surface area contributed by atoms with Crippen LogP contribution >= 0.6 is 11.8 Å². The fraction of sp³-hybridized carbons (Fsp3) is 0.158. The predicted molar refractivity (Wildman–Crippen MR) is 103 cm³/mol. The summed E-state index contributed by atoms with van der Waals surface area (Å²) in [6.45, 7) is -0.535. The van der Waals surface area contributed by atoms with Crippen molar-refractivity contribution in [2.75, 3.05) is 17.2 Å². The number of halogens is 2. The zero-order chi connectivity index (χ0) is 21.2. The number of nitrogens with one attached hydrogen (secondary N) is 2. The molecule has 0 unspecified atom stereocenters. The molecule has 0 saturated carbocycles. The molecule has 29 heavy (non-hydrogen) atoms. The van der Waals surface area contributed by atoms with Crippen LogP contribution in [-0.4, -0.2) is 30.1 Å². The van der Waals surface area contributed by atoms with E-state index in [0.29, 0.717) is 28.0 Å². The van der Waals surface area contributed by atoms with Gasteiger partial charge in [0.1, 0.15) is 6.42 Å². The summed E-state index contributed by atoms with van der Waals surface area (Å²) in [5, 5.41) is 13.4. The Kier molecular flexibility index (Phi) is 8.12. The summed E-state index contributed by atoms with van der Waals surface area (Å²) in [6, 6.07) is 13.3.